The highest BCUT2D eigenvalue weighted by Gasteiger charge is 2.18. The van der Waals surface area contributed by atoms with Crippen LogP contribution >= 0.6 is 0 Å². The maximum Gasteiger partial charge on any atom is 0.260 e. The van der Waals surface area contributed by atoms with Crippen molar-refractivity contribution in [2.75, 3.05) is 12.5 Å². The Bertz CT molecular complexity index is 860. The first-order valence-corrected chi connectivity index (χ1v) is 6.93. The average molecular weight is 294 g/mol. The van der Waals surface area contributed by atoms with Gasteiger partial charge in [-0.2, -0.15) is 0 Å². The number of nitrogen functional groups attached to an aromatic ring is 1. The number of benzene rings is 2. The van der Waals surface area contributed by atoms with Gasteiger partial charge in [0.1, 0.15) is 11.5 Å². The summed E-state index contributed by atoms with van der Waals surface area (Å²) in [6.07, 6.45) is 0. The molecule has 0 bridgehead atoms. The Balaban J connectivity index is 1.83. The summed E-state index contributed by atoms with van der Waals surface area (Å²) in [4.78, 5) is 4.49. The zero-order chi connectivity index (χ0) is 15.1. The molecular weight excluding hydrogens is 280 g/mol. The topological polar surface area (TPSA) is 66.6 Å². The molecule has 110 valence electrons. The van der Waals surface area contributed by atoms with Crippen LogP contribution in [-0.4, -0.2) is 11.8 Å². The van der Waals surface area contributed by atoms with Gasteiger partial charge in [0, 0.05) is 11.1 Å². The number of aryl methyl sites for hydroxylation is 1. The lowest BCUT2D eigenvalue weighted by Crippen LogP contribution is -1.93. The van der Waals surface area contributed by atoms with Crippen LogP contribution in [0.5, 0.6) is 23.1 Å². The minimum Gasteiger partial charge on any atom is -0.457 e. The van der Waals surface area contributed by atoms with Gasteiger partial charge in [-0.3, -0.25) is 0 Å². The Hall–Kier alpha value is -2.95. The lowest BCUT2D eigenvalue weighted by atomic mass is 10.1. The summed E-state index contributed by atoms with van der Waals surface area (Å²) in [5.41, 5.74) is 8.27. The van der Waals surface area contributed by atoms with Gasteiger partial charge in [0.25, 0.3) is 5.88 Å². The molecule has 1 aliphatic rings. The van der Waals surface area contributed by atoms with Crippen LogP contribution in [0.1, 0.15) is 5.56 Å². The van der Waals surface area contributed by atoms with Gasteiger partial charge in [-0.15, -0.1) is 0 Å². The number of aromatic nitrogens is 1. The third-order valence-electron chi connectivity index (χ3n) is 3.49. The predicted octanol–water partition coefficient (Wildman–Crippen LogP) is 3.65. The maximum atomic E-state index is 6.00. The van der Waals surface area contributed by atoms with Crippen molar-refractivity contribution < 1.29 is 14.2 Å². The molecule has 1 aromatic heterocycles. The lowest BCUT2D eigenvalue weighted by Gasteiger charge is -2.11. The fourth-order valence-corrected chi connectivity index (χ4v) is 2.44. The average Bonchev–Trinajstić information content (AvgIpc) is 2.95. The van der Waals surface area contributed by atoms with Crippen LogP contribution < -0.4 is 19.9 Å². The largest absolute Gasteiger partial charge is 0.457 e. The van der Waals surface area contributed by atoms with E-state index in [2.05, 4.69) is 4.98 Å². The highest BCUT2D eigenvalue weighted by atomic mass is 16.7. The van der Waals surface area contributed by atoms with E-state index < -0.39 is 0 Å². The molecule has 22 heavy (non-hydrogen) atoms. The van der Waals surface area contributed by atoms with E-state index in [9.17, 15) is 0 Å². The molecular formula is C17H14N2O3. The van der Waals surface area contributed by atoms with Crippen molar-refractivity contribution in [2.24, 2.45) is 0 Å². The van der Waals surface area contributed by atoms with Crippen LogP contribution in [0.2, 0.25) is 0 Å². The molecule has 0 spiro atoms. The molecule has 4 rings (SSSR count). The fraction of sp³-hybridized carbons (Fsp3) is 0.118. The van der Waals surface area contributed by atoms with Crippen LogP contribution in [0.25, 0.3) is 10.9 Å². The maximum absolute atomic E-state index is 6.00. The van der Waals surface area contributed by atoms with Gasteiger partial charge in [0.15, 0.2) is 5.75 Å². The van der Waals surface area contributed by atoms with Gasteiger partial charge in [0.2, 0.25) is 6.79 Å². The Kier molecular flexibility index (Phi) is 2.79. The Morgan fingerprint density at radius 2 is 1.91 bits per heavy atom. The first-order chi connectivity index (χ1) is 10.7. The van der Waals surface area contributed by atoms with Gasteiger partial charge in [-0.25, -0.2) is 4.98 Å². The van der Waals surface area contributed by atoms with E-state index in [1.165, 1.54) is 0 Å². The molecule has 3 aromatic rings. The van der Waals surface area contributed by atoms with E-state index >= 15 is 0 Å². The molecule has 0 saturated heterocycles. The van der Waals surface area contributed by atoms with Crippen LogP contribution in [0.15, 0.2) is 42.5 Å². The third kappa shape index (κ3) is 2.16. The lowest BCUT2D eigenvalue weighted by molar-refractivity contribution is 0.171. The van der Waals surface area contributed by atoms with Crippen LogP contribution in [-0.2, 0) is 0 Å². The second-order valence-corrected chi connectivity index (χ2v) is 5.20. The molecule has 0 aliphatic carbocycles. The van der Waals surface area contributed by atoms with E-state index in [1.54, 1.807) is 12.1 Å². The molecule has 1 aliphatic heterocycles. The number of pyridine rings is 1. The van der Waals surface area contributed by atoms with E-state index in [0.29, 0.717) is 17.3 Å². The molecule has 2 heterocycles. The SMILES string of the molecule is Cc1cc(Oc2ccc(N)cc2)c2cc3c(nc2c1)OCO3. The van der Waals surface area contributed by atoms with Crippen molar-refractivity contribution in [2.45, 2.75) is 6.92 Å². The number of rotatable bonds is 2. The minimum absolute atomic E-state index is 0.200. The van der Waals surface area contributed by atoms with Gasteiger partial charge in [0.05, 0.1) is 5.52 Å². The van der Waals surface area contributed by atoms with Crippen molar-refractivity contribution in [3.8, 4) is 23.1 Å². The van der Waals surface area contributed by atoms with Crippen molar-refractivity contribution in [1.29, 1.82) is 0 Å². The highest BCUT2D eigenvalue weighted by molar-refractivity contribution is 5.88. The summed E-state index contributed by atoms with van der Waals surface area (Å²) in [5.74, 6) is 2.61. The molecule has 0 radical (unpaired) electrons. The molecule has 5 nitrogen and oxygen atoms in total. The monoisotopic (exact) mass is 294 g/mol. The van der Waals surface area contributed by atoms with Crippen molar-refractivity contribution >= 4 is 16.6 Å². The molecule has 2 aromatic carbocycles. The highest BCUT2D eigenvalue weighted by Crippen LogP contribution is 2.38. The van der Waals surface area contributed by atoms with Crippen LogP contribution in [0.3, 0.4) is 0 Å². The molecule has 5 heteroatoms. The van der Waals surface area contributed by atoms with Gasteiger partial charge in [-0.1, -0.05) is 0 Å². The molecule has 0 amide bonds. The minimum atomic E-state index is 0.200. The molecule has 0 unspecified atom stereocenters. The third-order valence-corrected chi connectivity index (χ3v) is 3.49. The predicted molar refractivity (Wildman–Crippen MR) is 83.5 cm³/mol. The van der Waals surface area contributed by atoms with E-state index in [-0.39, 0.29) is 6.79 Å². The van der Waals surface area contributed by atoms with Gasteiger partial charge >= 0.3 is 0 Å². The smallest absolute Gasteiger partial charge is 0.260 e. The summed E-state index contributed by atoms with van der Waals surface area (Å²) < 4.78 is 16.7. The molecule has 0 saturated carbocycles. The summed E-state index contributed by atoms with van der Waals surface area (Å²) in [5, 5.41) is 0.881. The van der Waals surface area contributed by atoms with E-state index in [4.69, 9.17) is 19.9 Å². The summed E-state index contributed by atoms with van der Waals surface area (Å²) >= 11 is 0. The van der Waals surface area contributed by atoms with E-state index in [1.807, 2.05) is 37.3 Å². The zero-order valence-corrected chi connectivity index (χ0v) is 12.0. The first kappa shape index (κ1) is 12.8. The fourth-order valence-electron chi connectivity index (χ4n) is 2.44. The quantitative estimate of drug-likeness (QED) is 0.731. The van der Waals surface area contributed by atoms with Crippen LogP contribution in [0, 0.1) is 6.92 Å². The normalized spacial score (nSPS) is 12.6. The Morgan fingerprint density at radius 1 is 1.09 bits per heavy atom. The Labute approximate surface area is 127 Å². The molecule has 0 fully saturated rings. The molecule has 2 N–H and O–H groups in total. The number of nitrogens with two attached hydrogens (primary N) is 1. The number of anilines is 1. The number of fused-ring (bicyclic) bond motifs is 2. The second-order valence-electron chi connectivity index (χ2n) is 5.20. The number of hydrogen-bond donors (Lipinski definition) is 1. The van der Waals surface area contributed by atoms with Gasteiger partial charge < -0.3 is 19.9 Å². The second kappa shape index (κ2) is 4.80. The number of ether oxygens (including phenoxy) is 3. The van der Waals surface area contributed by atoms with Gasteiger partial charge in [-0.05, 0) is 55.0 Å². The standard InChI is InChI=1S/C17H14N2O3/c1-10-6-14-13(8-16-17(19-14)21-9-20-16)15(7-10)22-12-4-2-11(18)3-5-12/h2-8H,9,18H2,1H3. The summed E-state index contributed by atoms with van der Waals surface area (Å²) in [6.45, 7) is 2.20. The van der Waals surface area contributed by atoms with Crippen LogP contribution in [0.4, 0.5) is 5.69 Å². The summed E-state index contributed by atoms with van der Waals surface area (Å²) in [7, 11) is 0. The first-order valence-electron chi connectivity index (χ1n) is 6.93. The van der Waals surface area contributed by atoms with Crippen molar-refractivity contribution in [3.63, 3.8) is 0 Å². The molecule has 0 atom stereocenters. The summed E-state index contributed by atoms with van der Waals surface area (Å²) in [6, 6.07) is 13.2. The van der Waals surface area contributed by atoms with E-state index in [0.717, 1.165) is 28.0 Å². The zero-order valence-electron chi connectivity index (χ0n) is 12.0. The number of nitrogens with zero attached hydrogens (tertiary/aromatic N) is 1. The van der Waals surface area contributed by atoms with Crippen molar-refractivity contribution in [1.82, 2.24) is 4.98 Å². The number of hydrogen-bond acceptors (Lipinski definition) is 5. The Morgan fingerprint density at radius 3 is 2.73 bits per heavy atom. The van der Waals surface area contributed by atoms with Crippen molar-refractivity contribution in [3.05, 3.63) is 48.0 Å².